The third-order valence-electron chi connectivity index (χ3n) is 1.44. The number of hydrogen-bond acceptors (Lipinski definition) is 3. The Morgan fingerprint density at radius 1 is 1.70 bits per heavy atom. The molecule has 0 unspecified atom stereocenters. The highest BCUT2D eigenvalue weighted by Gasteiger charge is 1.96. The molecule has 0 aliphatic carbocycles. The average Bonchev–Trinajstić information content (AvgIpc) is 2.31. The maximum absolute atomic E-state index is 3.81. The van der Waals surface area contributed by atoms with E-state index in [1.165, 1.54) is 0 Å². The van der Waals surface area contributed by atoms with Crippen molar-refractivity contribution in [2.24, 2.45) is 7.05 Å². The highest BCUT2D eigenvalue weighted by atomic mass is 15.4. The lowest BCUT2D eigenvalue weighted by Crippen LogP contribution is -2.12. The van der Waals surface area contributed by atoms with Gasteiger partial charge in [-0.15, -0.1) is 5.10 Å². The van der Waals surface area contributed by atoms with E-state index in [0.717, 1.165) is 18.7 Å². The zero-order valence-corrected chi connectivity index (χ0v) is 6.33. The van der Waals surface area contributed by atoms with Gasteiger partial charge in [0.15, 0.2) is 0 Å². The highest BCUT2D eigenvalue weighted by molar-refractivity contribution is 4.93. The van der Waals surface area contributed by atoms with Crippen molar-refractivity contribution in [3.8, 4) is 0 Å². The van der Waals surface area contributed by atoms with Crippen LogP contribution in [0.25, 0.3) is 0 Å². The van der Waals surface area contributed by atoms with Crippen LogP contribution in [0.15, 0.2) is 6.20 Å². The fourth-order valence-electron chi connectivity index (χ4n) is 0.790. The second kappa shape index (κ2) is 3.31. The number of rotatable bonds is 3. The van der Waals surface area contributed by atoms with Crippen LogP contribution in [-0.2, 0) is 13.5 Å². The van der Waals surface area contributed by atoms with Crippen molar-refractivity contribution in [1.29, 1.82) is 0 Å². The molecule has 0 aromatic carbocycles. The van der Waals surface area contributed by atoms with E-state index in [1.54, 1.807) is 10.9 Å². The lowest BCUT2D eigenvalue weighted by molar-refractivity contribution is 0.659. The van der Waals surface area contributed by atoms with Crippen LogP contribution < -0.4 is 5.32 Å². The molecule has 0 radical (unpaired) electrons. The Labute approximate surface area is 60.2 Å². The molecule has 4 nitrogen and oxygen atoms in total. The summed E-state index contributed by atoms with van der Waals surface area (Å²) in [6.45, 7) is 0.973. The molecule has 1 heterocycles. The summed E-state index contributed by atoms with van der Waals surface area (Å²) in [6, 6.07) is 0. The van der Waals surface area contributed by atoms with Crippen LogP contribution in [-0.4, -0.2) is 28.6 Å². The van der Waals surface area contributed by atoms with Gasteiger partial charge >= 0.3 is 0 Å². The van der Waals surface area contributed by atoms with Gasteiger partial charge in [-0.1, -0.05) is 5.21 Å². The van der Waals surface area contributed by atoms with Crippen LogP contribution in [0.2, 0.25) is 0 Å². The molecule has 1 N–H and O–H groups in total. The smallest absolute Gasteiger partial charge is 0.0725 e. The molecule has 0 amide bonds. The standard InChI is InChI=1S/C6H12N4/c1-7-4-3-6-5-8-9-10(6)2/h5,7H,3-4H2,1-2H3. The van der Waals surface area contributed by atoms with Crippen molar-refractivity contribution in [1.82, 2.24) is 20.3 Å². The lowest BCUT2D eigenvalue weighted by atomic mass is 10.3. The first kappa shape index (κ1) is 7.21. The zero-order valence-electron chi connectivity index (χ0n) is 6.33. The Hall–Kier alpha value is -0.900. The lowest BCUT2D eigenvalue weighted by Gasteiger charge is -1.97. The number of nitrogens with one attached hydrogen (secondary N) is 1. The highest BCUT2D eigenvalue weighted by Crippen LogP contribution is 1.92. The fourth-order valence-corrected chi connectivity index (χ4v) is 0.790. The second-order valence-electron chi connectivity index (χ2n) is 2.20. The van der Waals surface area contributed by atoms with Crippen molar-refractivity contribution >= 4 is 0 Å². The maximum atomic E-state index is 3.81. The molecule has 0 saturated carbocycles. The van der Waals surface area contributed by atoms with E-state index in [-0.39, 0.29) is 0 Å². The van der Waals surface area contributed by atoms with E-state index in [0.29, 0.717) is 0 Å². The van der Waals surface area contributed by atoms with Gasteiger partial charge in [0.05, 0.1) is 11.9 Å². The third kappa shape index (κ3) is 1.54. The van der Waals surface area contributed by atoms with Gasteiger partial charge in [-0.25, -0.2) is 0 Å². The largest absolute Gasteiger partial charge is 0.319 e. The van der Waals surface area contributed by atoms with Crippen LogP contribution >= 0.6 is 0 Å². The van der Waals surface area contributed by atoms with Crippen molar-refractivity contribution < 1.29 is 0 Å². The first-order chi connectivity index (χ1) is 4.84. The molecular weight excluding hydrogens is 128 g/mol. The van der Waals surface area contributed by atoms with Gasteiger partial charge in [-0.3, -0.25) is 4.68 Å². The van der Waals surface area contributed by atoms with E-state index in [4.69, 9.17) is 0 Å². The van der Waals surface area contributed by atoms with Gasteiger partial charge in [-0.2, -0.15) is 0 Å². The van der Waals surface area contributed by atoms with Gasteiger partial charge in [0.2, 0.25) is 0 Å². The summed E-state index contributed by atoms with van der Waals surface area (Å²) in [5, 5.41) is 10.6. The fraction of sp³-hybridized carbons (Fsp3) is 0.667. The van der Waals surface area contributed by atoms with Gasteiger partial charge < -0.3 is 5.32 Å². The summed E-state index contributed by atoms with van der Waals surface area (Å²) in [6.07, 6.45) is 2.78. The normalized spacial score (nSPS) is 10.2. The molecule has 56 valence electrons. The Balaban J connectivity index is 2.49. The van der Waals surface area contributed by atoms with Crippen molar-refractivity contribution in [2.45, 2.75) is 6.42 Å². The first-order valence-electron chi connectivity index (χ1n) is 3.32. The topological polar surface area (TPSA) is 42.7 Å². The molecular formula is C6H12N4. The molecule has 0 saturated heterocycles. The molecule has 4 heteroatoms. The van der Waals surface area contributed by atoms with E-state index in [1.807, 2.05) is 14.1 Å². The number of hydrogen-bond donors (Lipinski definition) is 1. The van der Waals surface area contributed by atoms with Gasteiger partial charge in [0.1, 0.15) is 0 Å². The van der Waals surface area contributed by atoms with Crippen molar-refractivity contribution in [3.05, 3.63) is 11.9 Å². The van der Waals surface area contributed by atoms with Gasteiger partial charge in [0, 0.05) is 20.0 Å². The van der Waals surface area contributed by atoms with E-state index < -0.39 is 0 Å². The minimum atomic E-state index is 0.973. The number of aromatic nitrogens is 3. The molecule has 0 bridgehead atoms. The molecule has 0 atom stereocenters. The van der Waals surface area contributed by atoms with Crippen LogP contribution in [0.3, 0.4) is 0 Å². The number of likely N-dealkylation sites (N-methyl/N-ethyl adjacent to an activating group) is 1. The molecule has 1 rings (SSSR count). The number of nitrogens with zero attached hydrogens (tertiary/aromatic N) is 3. The average molecular weight is 140 g/mol. The predicted molar refractivity (Wildman–Crippen MR) is 38.6 cm³/mol. The molecule has 0 spiro atoms. The van der Waals surface area contributed by atoms with Crippen LogP contribution in [0, 0.1) is 0 Å². The minimum Gasteiger partial charge on any atom is -0.319 e. The van der Waals surface area contributed by atoms with Gasteiger partial charge in [0.25, 0.3) is 0 Å². The SMILES string of the molecule is CNCCc1cnnn1C. The Morgan fingerprint density at radius 3 is 3.00 bits per heavy atom. The van der Waals surface area contributed by atoms with Crippen molar-refractivity contribution in [3.63, 3.8) is 0 Å². The zero-order chi connectivity index (χ0) is 7.40. The molecule has 1 aromatic heterocycles. The molecule has 0 aliphatic rings. The Kier molecular flexibility index (Phi) is 2.39. The van der Waals surface area contributed by atoms with E-state index >= 15 is 0 Å². The summed E-state index contributed by atoms with van der Waals surface area (Å²) < 4.78 is 1.79. The van der Waals surface area contributed by atoms with Gasteiger partial charge in [-0.05, 0) is 7.05 Å². The van der Waals surface area contributed by atoms with Crippen molar-refractivity contribution in [2.75, 3.05) is 13.6 Å². The molecule has 1 aromatic rings. The van der Waals surface area contributed by atoms with E-state index in [9.17, 15) is 0 Å². The summed E-state index contributed by atoms with van der Waals surface area (Å²) in [5.41, 5.74) is 1.16. The molecule has 10 heavy (non-hydrogen) atoms. The summed E-state index contributed by atoms with van der Waals surface area (Å²) in [4.78, 5) is 0. The minimum absolute atomic E-state index is 0.973. The monoisotopic (exact) mass is 140 g/mol. The summed E-state index contributed by atoms with van der Waals surface area (Å²) >= 11 is 0. The maximum Gasteiger partial charge on any atom is 0.0725 e. The summed E-state index contributed by atoms with van der Waals surface area (Å²) in [5.74, 6) is 0. The Morgan fingerprint density at radius 2 is 2.50 bits per heavy atom. The summed E-state index contributed by atoms with van der Waals surface area (Å²) in [7, 11) is 3.84. The second-order valence-corrected chi connectivity index (χ2v) is 2.20. The number of aryl methyl sites for hydroxylation is 1. The predicted octanol–water partition coefficient (Wildman–Crippen LogP) is -0.423. The molecule has 0 aliphatic heterocycles. The van der Waals surface area contributed by atoms with Crippen LogP contribution in [0.4, 0.5) is 0 Å². The van der Waals surface area contributed by atoms with Crippen LogP contribution in [0.5, 0.6) is 0 Å². The van der Waals surface area contributed by atoms with Crippen LogP contribution in [0.1, 0.15) is 5.69 Å². The molecule has 0 fully saturated rings. The quantitative estimate of drug-likeness (QED) is 0.620. The third-order valence-corrected chi connectivity index (χ3v) is 1.44. The Bertz CT molecular complexity index is 193. The van der Waals surface area contributed by atoms with E-state index in [2.05, 4.69) is 15.6 Å². The first-order valence-corrected chi connectivity index (χ1v) is 3.32.